The minimum Gasteiger partial charge on any atom is -0.493 e. The van der Waals surface area contributed by atoms with Crippen molar-refractivity contribution >= 4 is 10.8 Å². The topological polar surface area (TPSA) is 64.6 Å². The Hall–Kier alpha value is -4.24. The van der Waals surface area contributed by atoms with Gasteiger partial charge in [-0.25, -0.2) is 0 Å². The second kappa shape index (κ2) is 9.19. The van der Waals surface area contributed by atoms with Crippen LogP contribution in [0.25, 0.3) is 22.0 Å². The third kappa shape index (κ3) is 3.70. The zero-order valence-corrected chi connectivity index (χ0v) is 20.3. The van der Waals surface area contributed by atoms with Gasteiger partial charge in [0.05, 0.1) is 51.0 Å². The average Bonchev–Trinajstić information content (AvgIpc) is 2.91. The number of rotatable bonds is 6. The SMILES string of the molecule is COc1cc2c(cc1OC)-c1c(Cc3ccccc3C#N)c3ccc(OC)c(OC)c3c[n+]1CC2. The number of fused-ring (bicyclic) bond motifs is 4. The van der Waals surface area contributed by atoms with Crippen LogP contribution >= 0.6 is 0 Å². The lowest BCUT2D eigenvalue weighted by Crippen LogP contribution is -2.41. The van der Waals surface area contributed by atoms with Gasteiger partial charge in [-0.05, 0) is 41.5 Å². The molecule has 3 aromatic carbocycles. The lowest BCUT2D eigenvalue weighted by Gasteiger charge is -2.22. The van der Waals surface area contributed by atoms with Crippen LogP contribution in [0.5, 0.6) is 23.0 Å². The highest BCUT2D eigenvalue weighted by atomic mass is 16.5. The number of methoxy groups -OCH3 is 4. The highest BCUT2D eigenvalue weighted by Crippen LogP contribution is 2.43. The van der Waals surface area contributed by atoms with Crippen LogP contribution < -0.4 is 23.5 Å². The lowest BCUT2D eigenvalue weighted by atomic mass is 9.88. The first kappa shape index (κ1) is 22.5. The monoisotopic (exact) mass is 467 g/mol. The molecule has 176 valence electrons. The van der Waals surface area contributed by atoms with Gasteiger partial charge in [-0.2, -0.15) is 9.83 Å². The number of nitrogens with zero attached hydrogens (tertiary/aromatic N) is 2. The van der Waals surface area contributed by atoms with Gasteiger partial charge in [0.2, 0.25) is 5.69 Å². The Kier molecular flexibility index (Phi) is 5.92. The Morgan fingerprint density at radius 3 is 2.31 bits per heavy atom. The van der Waals surface area contributed by atoms with Gasteiger partial charge >= 0.3 is 0 Å². The molecular formula is C29H27N2O4+. The summed E-state index contributed by atoms with van der Waals surface area (Å²) in [7, 11) is 6.63. The quantitative estimate of drug-likeness (QED) is 0.380. The summed E-state index contributed by atoms with van der Waals surface area (Å²) >= 11 is 0. The molecule has 2 heterocycles. The molecule has 0 atom stereocenters. The number of nitriles is 1. The van der Waals surface area contributed by atoms with Crippen LogP contribution in [-0.2, 0) is 19.4 Å². The molecule has 4 aromatic rings. The fraction of sp³-hybridized carbons (Fsp3) is 0.241. The van der Waals surface area contributed by atoms with Crippen molar-refractivity contribution in [1.82, 2.24) is 0 Å². The van der Waals surface area contributed by atoms with Crippen molar-refractivity contribution in [3.8, 4) is 40.3 Å². The van der Waals surface area contributed by atoms with E-state index in [1.54, 1.807) is 28.4 Å². The molecule has 0 saturated carbocycles. The summed E-state index contributed by atoms with van der Waals surface area (Å²) in [5.74, 6) is 2.80. The highest BCUT2D eigenvalue weighted by molar-refractivity contribution is 5.95. The molecule has 0 amide bonds. The minimum atomic E-state index is 0.597. The van der Waals surface area contributed by atoms with Gasteiger partial charge in [0, 0.05) is 23.8 Å². The number of hydrogen-bond acceptors (Lipinski definition) is 5. The lowest BCUT2D eigenvalue weighted by molar-refractivity contribution is -0.686. The smallest absolute Gasteiger partial charge is 0.217 e. The average molecular weight is 468 g/mol. The third-order valence-electron chi connectivity index (χ3n) is 6.76. The molecule has 1 aliphatic rings. The second-order valence-electron chi connectivity index (χ2n) is 8.47. The van der Waals surface area contributed by atoms with Crippen molar-refractivity contribution < 1.29 is 23.5 Å². The molecule has 1 aliphatic heterocycles. The number of aromatic nitrogens is 1. The van der Waals surface area contributed by atoms with Gasteiger partial charge in [-0.15, -0.1) is 0 Å². The molecule has 6 nitrogen and oxygen atoms in total. The van der Waals surface area contributed by atoms with Gasteiger partial charge in [-0.1, -0.05) is 18.2 Å². The summed E-state index contributed by atoms with van der Waals surface area (Å²) in [4.78, 5) is 0. The Balaban J connectivity index is 1.86. The first-order valence-corrected chi connectivity index (χ1v) is 11.5. The van der Waals surface area contributed by atoms with E-state index in [0.29, 0.717) is 29.2 Å². The molecule has 5 rings (SSSR count). The van der Waals surface area contributed by atoms with Crippen molar-refractivity contribution in [2.45, 2.75) is 19.4 Å². The van der Waals surface area contributed by atoms with E-state index in [4.69, 9.17) is 18.9 Å². The number of pyridine rings is 1. The van der Waals surface area contributed by atoms with Crippen molar-refractivity contribution in [2.24, 2.45) is 0 Å². The molecule has 0 fully saturated rings. The maximum atomic E-state index is 9.76. The van der Waals surface area contributed by atoms with Crippen LogP contribution in [0.3, 0.4) is 0 Å². The summed E-state index contributed by atoms with van der Waals surface area (Å²) in [6.45, 7) is 0.807. The summed E-state index contributed by atoms with van der Waals surface area (Å²) in [5, 5.41) is 11.8. The van der Waals surface area contributed by atoms with E-state index >= 15 is 0 Å². The number of aryl methyl sites for hydroxylation is 2. The molecule has 0 unspecified atom stereocenters. The fourth-order valence-corrected chi connectivity index (χ4v) is 5.10. The molecule has 0 saturated heterocycles. The Labute approximate surface area is 204 Å². The number of hydrogen-bond donors (Lipinski definition) is 0. The number of benzene rings is 3. The summed E-state index contributed by atoms with van der Waals surface area (Å²) in [6, 6.07) is 18.3. The highest BCUT2D eigenvalue weighted by Gasteiger charge is 2.31. The fourth-order valence-electron chi connectivity index (χ4n) is 5.10. The molecule has 0 N–H and O–H groups in total. The normalized spacial score (nSPS) is 11.9. The first-order valence-electron chi connectivity index (χ1n) is 11.5. The van der Waals surface area contributed by atoms with E-state index in [9.17, 15) is 5.26 Å². The van der Waals surface area contributed by atoms with Crippen molar-refractivity contribution in [3.63, 3.8) is 0 Å². The van der Waals surface area contributed by atoms with Crippen LogP contribution in [0.4, 0.5) is 0 Å². The molecule has 6 heteroatoms. The van der Waals surface area contributed by atoms with Gasteiger partial charge in [-0.3, -0.25) is 0 Å². The molecule has 0 radical (unpaired) electrons. The van der Waals surface area contributed by atoms with Crippen LogP contribution in [0.15, 0.2) is 54.7 Å². The van der Waals surface area contributed by atoms with Gasteiger partial charge in [0.25, 0.3) is 0 Å². The van der Waals surface area contributed by atoms with E-state index in [1.165, 1.54) is 5.56 Å². The van der Waals surface area contributed by atoms with E-state index < -0.39 is 0 Å². The molecule has 35 heavy (non-hydrogen) atoms. The maximum Gasteiger partial charge on any atom is 0.217 e. The van der Waals surface area contributed by atoms with Crippen LogP contribution in [0.2, 0.25) is 0 Å². The first-order chi connectivity index (χ1) is 17.1. The van der Waals surface area contributed by atoms with Crippen LogP contribution in [0.1, 0.15) is 22.3 Å². The van der Waals surface area contributed by atoms with Gasteiger partial charge in [0.15, 0.2) is 35.7 Å². The molecule has 0 aliphatic carbocycles. The molecule has 0 spiro atoms. The molecule has 1 aromatic heterocycles. The van der Waals surface area contributed by atoms with E-state index in [-0.39, 0.29) is 0 Å². The minimum absolute atomic E-state index is 0.597. The zero-order valence-electron chi connectivity index (χ0n) is 20.3. The Bertz CT molecular complexity index is 1490. The van der Waals surface area contributed by atoms with E-state index in [2.05, 4.69) is 35.0 Å². The molecule has 0 bridgehead atoms. The van der Waals surface area contributed by atoms with Gasteiger partial charge < -0.3 is 18.9 Å². The summed E-state index contributed by atoms with van der Waals surface area (Å²) in [6.07, 6.45) is 3.60. The molecular weight excluding hydrogens is 440 g/mol. The standard InChI is InChI=1S/C29H27N2O4/c1-32-25-10-9-21-23(13-18-7-5-6-8-20(18)16-30)28-22-15-27(34-3)26(33-2)14-19(22)11-12-31(28)17-24(21)29(25)35-4/h5-10,14-15,17H,11-13H2,1-4H3/q+1. The Morgan fingerprint density at radius 2 is 1.60 bits per heavy atom. The van der Waals surface area contributed by atoms with Crippen LogP contribution in [0, 0.1) is 11.3 Å². The maximum absolute atomic E-state index is 9.76. The predicted octanol–water partition coefficient (Wildman–Crippen LogP) is 4.85. The predicted molar refractivity (Wildman–Crippen MR) is 133 cm³/mol. The van der Waals surface area contributed by atoms with Gasteiger partial charge in [0.1, 0.15) is 0 Å². The zero-order chi connectivity index (χ0) is 24.5. The Morgan fingerprint density at radius 1 is 0.857 bits per heavy atom. The summed E-state index contributed by atoms with van der Waals surface area (Å²) < 4.78 is 24.9. The van der Waals surface area contributed by atoms with E-state index in [1.807, 2.05) is 30.3 Å². The third-order valence-corrected chi connectivity index (χ3v) is 6.76. The van der Waals surface area contributed by atoms with Crippen LogP contribution in [-0.4, -0.2) is 28.4 Å². The van der Waals surface area contributed by atoms with Crippen molar-refractivity contribution in [2.75, 3.05) is 28.4 Å². The van der Waals surface area contributed by atoms with Crippen molar-refractivity contribution in [1.29, 1.82) is 5.26 Å². The number of ether oxygens (including phenoxy) is 4. The largest absolute Gasteiger partial charge is 0.493 e. The summed E-state index contributed by atoms with van der Waals surface area (Å²) in [5.41, 5.74) is 6.20. The second-order valence-corrected chi connectivity index (χ2v) is 8.47. The van der Waals surface area contributed by atoms with Crippen molar-refractivity contribution in [3.05, 3.63) is 77.0 Å². The van der Waals surface area contributed by atoms with E-state index in [0.717, 1.165) is 51.9 Å².